The third-order valence-electron chi connectivity index (χ3n) is 8.29. The summed E-state index contributed by atoms with van der Waals surface area (Å²) in [5, 5.41) is 16.4. The summed E-state index contributed by atoms with van der Waals surface area (Å²) >= 11 is 0. The van der Waals surface area contributed by atoms with Gasteiger partial charge in [0.15, 0.2) is 11.5 Å². The normalized spacial score (nSPS) is 25.2. The van der Waals surface area contributed by atoms with Gasteiger partial charge >= 0.3 is 0 Å². The highest BCUT2D eigenvalue weighted by atomic mass is 16.5. The highest BCUT2D eigenvalue weighted by Gasteiger charge is 2.44. The van der Waals surface area contributed by atoms with Gasteiger partial charge in [0.2, 0.25) is 0 Å². The summed E-state index contributed by atoms with van der Waals surface area (Å²) in [7, 11) is 1.66. The van der Waals surface area contributed by atoms with E-state index in [-0.39, 0.29) is 29.3 Å². The number of aromatic nitrogens is 2. The third kappa shape index (κ3) is 5.45. The summed E-state index contributed by atoms with van der Waals surface area (Å²) in [5.74, 6) is 1.53. The van der Waals surface area contributed by atoms with Crippen molar-refractivity contribution in [2.75, 3.05) is 42.3 Å². The van der Waals surface area contributed by atoms with Gasteiger partial charge in [0.1, 0.15) is 11.6 Å². The maximum absolute atomic E-state index is 12.1. The summed E-state index contributed by atoms with van der Waals surface area (Å²) in [5.41, 5.74) is 7.42. The zero-order chi connectivity index (χ0) is 26.0. The number of hydrogen-bond acceptors (Lipinski definition) is 9. The molecule has 1 atom stereocenters. The van der Waals surface area contributed by atoms with Crippen LogP contribution >= 0.6 is 0 Å². The van der Waals surface area contributed by atoms with Crippen molar-refractivity contribution in [2.45, 2.75) is 69.6 Å². The monoisotopic (exact) mass is 510 g/mol. The van der Waals surface area contributed by atoms with E-state index < -0.39 is 5.91 Å². The number of aliphatic hydroxyl groups excluding tert-OH is 1. The fourth-order valence-electron chi connectivity index (χ4n) is 5.92. The average molecular weight is 511 g/mol. The van der Waals surface area contributed by atoms with Crippen molar-refractivity contribution in [1.29, 1.82) is 0 Å². The number of piperidine rings is 1. The largest absolute Gasteiger partial charge is 0.495 e. The first-order valence-electron chi connectivity index (χ1n) is 13.3. The number of aliphatic hydroxyl groups is 1. The number of nitrogens with two attached hydrogens (primary N) is 1. The zero-order valence-corrected chi connectivity index (χ0v) is 21.7. The fourth-order valence-corrected chi connectivity index (χ4v) is 5.92. The molecule has 1 unspecified atom stereocenters. The van der Waals surface area contributed by atoms with Crippen LogP contribution < -0.4 is 26.0 Å². The number of amides is 1. The molecule has 10 heteroatoms. The van der Waals surface area contributed by atoms with E-state index in [4.69, 9.17) is 15.2 Å². The third-order valence-corrected chi connectivity index (χ3v) is 8.29. The predicted octanol–water partition coefficient (Wildman–Crippen LogP) is 3.44. The first kappa shape index (κ1) is 25.5. The number of rotatable bonds is 7. The number of ether oxygens (including phenoxy) is 2. The molecule has 5 rings (SSSR count). The van der Waals surface area contributed by atoms with Gasteiger partial charge in [-0.3, -0.25) is 4.79 Å². The number of nitrogens with one attached hydrogen (secondary N) is 2. The van der Waals surface area contributed by atoms with Crippen LogP contribution in [-0.4, -0.2) is 65.5 Å². The molecule has 37 heavy (non-hydrogen) atoms. The van der Waals surface area contributed by atoms with Crippen molar-refractivity contribution >= 4 is 28.9 Å². The van der Waals surface area contributed by atoms with Crippen LogP contribution in [0.4, 0.5) is 23.0 Å². The SMILES string of the molecule is COc1cc(Nc2nc(NC3CCC(O)CC3)cnc2C(N)=O)ccc1N1CCC2(CC1)OCCC2C. The van der Waals surface area contributed by atoms with Crippen molar-refractivity contribution in [3.63, 3.8) is 0 Å². The minimum Gasteiger partial charge on any atom is -0.495 e. The lowest BCUT2D eigenvalue weighted by atomic mass is 9.80. The average Bonchev–Trinajstić information content (AvgIpc) is 3.25. The van der Waals surface area contributed by atoms with Gasteiger partial charge in [-0.15, -0.1) is 0 Å². The molecular weight excluding hydrogens is 472 g/mol. The van der Waals surface area contributed by atoms with Crippen molar-refractivity contribution in [3.05, 3.63) is 30.1 Å². The minimum absolute atomic E-state index is 0.0194. The van der Waals surface area contributed by atoms with Crippen molar-refractivity contribution in [3.8, 4) is 5.75 Å². The Morgan fingerprint density at radius 1 is 1.22 bits per heavy atom. The Morgan fingerprint density at radius 3 is 2.62 bits per heavy atom. The van der Waals surface area contributed by atoms with Gasteiger partial charge in [0.05, 0.1) is 30.7 Å². The Labute approximate surface area is 217 Å². The number of carbonyl (C=O) groups is 1. The second-order valence-corrected chi connectivity index (χ2v) is 10.6. The first-order chi connectivity index (χ1) is 17.9. The van der Waals surface area contributed by atoms with Crippen LogP contribution in [0.25, 0.3) is 0 Å². The van der Waals surface area contributed by atoms with Gasteiger partial charge in [-0.1, -0.05) is 6.92 Å². The Morgan fingerprint density at radius 2 is 1.97 bits per heavy atom. The zero-order valence-electron chi connectivity index (χ0n) is 21.7. The Kier molecular flexibility index (Phi) is 7.39. The van der Waals surface area contributed by atoms with Crippen LogP contribution in [0.3, 0.4) is 0 Å². The van der Waals surface area contributed by atoms with Crippen LogP contribution in [0.2, 0.25) is 0 Å². The maximum atomic E-state index is 12.1. The molecule has 1 aromatic heterocycles. The second-order valence-electron chi connectivity index (χ2n) is 10.6. The molecule has 1 amide bonds. The van der Waals surface area contributed by atoms with E-state index in [0.717, 1.165) is 81.8 Å². The van der Waals surface area contributed by atoms with Crippen LogP contribution in [0.5, 0.6) is 5.75 Å². The minimum atomic E-state index is -0.656. The number of methoxy groups -OCH3 is 1. The molecular formula is C27H38N6O4. The molecule has 2 aliphatic heterocycles. The summed E-state index contributed by atoms with van der Waals surface area (Å²) in [6.45, 7) is 4.99. The van der Waals surface area contributed by atoms with Gasteiger partial charge in [-0.25, -0.2) is 9.97 Å². The molecule has 1 spiro atoms. The number of anilines is 4. The molecule has 1 aromatic carbocycles. The van der Waals surface area contributed by atoms with E-state index in [9.17, 15) is 9.90 Å². The second kappa shape index (κ2) is 10.7. The van der Waals surface area contributed by atoms with Gasteiger partial charge in [0, 0.05) is 37.5 Å². The topological polar surface area (TPSA) is 135 Å². The summed E-state index contributed by atoms with van der Waals surface area (Å²) in [4.78, 5) is 23.3. The van der Waals surface area contributed by atoms with Crippen LogP contribution in [0.15, 0.2) is 24.4 Å². The molecule has 200 valence electrons. The molecule has 0 bridgehead atoms. The van der Waals surface area contributed by atoms with Crippen LogP contribution in [0, 0.1) is 5.92 Å². The van der Waals surface area contributed by atoms with E-state index in [0.29, 0.717) is 11.7 Å². The lowest BCUT2D eigenvalue weighted by Gasteiger charge is -2.42. The molecule has 10 nitrogen and oxygen atoms in total. The fraction of sp³-hybridized carbons (Fsp3) is 0.593. The van der Waals surface area contributed by atoms with Crippen molar-refractivity contribution in [2.24, 2.45) is 11.7 Å². The Bertz CT molecular complexity index is 1110. The summed E-state index contributed by atoms with van der Waals surface area (Å²) in [6, 6.07) is 6.09. The quantitative estimate of drug-likeness (QED) is 0.442. The highest BCUT2D eigenvalue weighted by Crippen LogP contribution is 2.43. The van der Waals surface area contributed by atoms with E-state index in [1.165, 1.54) is 6.20 Å². The van der Waals surface area contributed by atoms with Crippen molar-refractivity contribution in [1.82, 2.24) is 9.97 Å². The molecule has 2 aromatic rings. The molecule has 5 N–H and O–H groups in total. The van der Waals surface area contributed by atoms with Gasteiger partial charge in [-0.05, 0) is 63.0 Å². The van der Waals surface area contributed by atoms with Crippen molar-refractivity contribution < 1.29 is 19.4 Å². The standard InChI is InChI=1S/C27H38N6O4/c1-17-9-14-37-27(17)10-12-33(13-11-27)21-8-5-19(15-22(21)36-2)31-26-24(25(28)35)29-16-23(32-26)30-18-3-6-20(34)7-4-18/h5,8,15-18,20,34H,3-4,6-7,9-14H2,1-2H3,(H2,28,35)(H2,30,31,32). The molecule has 1 aliphatic carbocycles. The van der Waals surface area contributed by atoms with Gasteiger partial charge in [-0.2, -0.15) is 0 Å². The lowest BCUT2D eigenvalue weighted by molar-refractivity contribution is -0.0364. The molecule has 3 fully saturated rings. The number of primary amides is 1. The Balaban J connectivity index is 1.31. The lowest BCUT2D eigenvalue weighted by Crippen LogP contribution is -2.47. The van der Waals surface area contributed by atoms with E-state index in [2.05, 4.69) is 32.4 Å². The van der Waals surface area contributed by atoms with Crippen LogP contribution in [-0.2, 0) is 4.74 Å². The van der Waals surface area contributed by atoms with Gasteiger partial charge < -0.3 is 35.8 Å². The summed E-state index contributed by atoms with van der Waals surface area (Å²) in [6.07, 6.45) is 7.66. The smallest absolute Gasteiger partial charge is 0.271 e. The first-order valence-corrected chi connectivity index (χ1v) is 13.3. The molecule has 2 saturated heterocycles. The highest BCUT2D eigenvalue weighted by molar-refractivity contribution is 5.96. The predicted molar refractivity (Wildman–Crippen MR) is 143 cm³/mol. The maximum Gasteiger partial charge on any atom is 0.271 e. The number of nitrogens with zero attached hydrogens (tertiary/aromatic N) is 3. The molecule has 1 saturated carbocycles. The molecule has 3 aliphatic rings. The number of benzene rings is 1. The van der Waals surface area contributed by atoms with E-state index in [1.807, 2.05) is 18.2 Å². The van der Waals surface area contributed by atoms with Crippen LogP contribution in [0.1, 0.15) is 62.4 Å². The Hall–Kier alpha value is -3.11. The molecule has 0 radical (unpaired) electrons. The van der Waals surface area contributed by atoms with Gasteiger partial charge in [0.25, 0.3) is 5.91 Å². The molecule has 3 heterocycles. The number of carbonyl (C=O) groups excluding carboxylic acids is 1. The van der Waals surface area contributed by atoms with E-state index in [1.54, 1.807) is 7.11 Å². The summed E-state index contributed by atoms with van der Waals surface area (Å²) < 4.78 is 11.9. The number of hydrogen-bond donors (Lipinski definition) is 4. The van der Waals surface area contributed by atoms with E-state index >= 15 is 0 Å².